The summed E-state index contributed by atoms with van der Waals surface area (Å²) >= 11 is 0. The Hall–Kier alpha value is -1.53. The van der Waals surface area contributed by atoms with Crippen LogP contribution in [0.1, 0.15) is 26.7 Å². The van der Waals surface area contributed by atoms with Crippen LogP contribution in [0.2, 0.25) is 0 Å². The number of carbonyl (C=O) groups is 1. The zero-order valence-electron chi connectivity index (χ0n) is 13.0. The normalized spacial score (nSPS) is 15.0. The molecule has 20 heavy (non-hydrogen) atoms. The number of nitrogens with two attached hydrogens (primary N) is 1. The molecule has 0 aliphatic carbocycles. The molecule has 0 spiro atoms. The van der Waals surface area contributed by atoms with E-state index in [4.69, 9.17) is 5.73 Å². The number of rotatable bonds is 10. The van der Waals surface area contributed by atoms with Crippen LogP contribution in [0.15, 0.2) is 24.6 Å². The molecule has 0 saturated heterocycles. The minimum Gasteiger partial charge on any atom is -0.401 e. The minimum atomic E-state index is -0.364. The van der Waals surface area contributed by atoms with E-state index in [1.54, 1.807) is 21.0 Å². The van der Waals surface area contributed by atoms with Gasteiger partial charge in [-0.05, 0) is 27.4 Å². The fraction of sp³-hybridized carbons (Fsp3) is 0.643. The van der Waals surface area contributed by atoms with Gasteiger partial charge in [0.25, 0.3) is 0 Å². The molecule has 3 unspecified atom stereocenters. The van der Waals surface area contributed by atoms with E-state index in [1.165, 1.54) is 0 Å². The number of likely N-dealkylation sites (N-methyl/N-ethyl adjacent to an activating group) is 2. The molecule has 0 aromatic carbocycles. The Morgan fingerprint density at radius 1 is 1.20 bits per heavy atom. The van der Waals surface area contributed by atoms with Crippen LogP contribution >= 0.6 is 0 Å². The average Bonchev–Trinajstić information content (AvgIpc) is 2.42. The smallest absolute Gasteiger partial charge is 0.238 e. The Labute approximate surface area is 122 Å². The lowest BCUT2D eigenvalue weighted by Crippen LogP contribution is -2.53. The van der Waals surface area contributed by atoms with Crippen LogP contribution in [0.4, 0.5) is 0 Å². The monoisotopic (exact) mass is 283 g/mol. The van der Waals surface area contributed by atoms with Crippen LogP contribution < -0.4 is 27.0 Å². The van der Waals surface area contributed by atoms with Crippen molar-refractivity contribution >= 4 is 5.91 Å². The third kappa shape index (κ3) is 6.08. The van der Waals surface area contributed by atoms with Gasteiger partial charge in [-0.3, -0.25) is 10.1 Å². The summed E-state index contributed by atoms with van der Waals surface area (Å²) in [6.07, 6.45) is 1.48. The van der Waals surface area contributed by atoms with Gasteiger partial charge >= 0.3 is 0 Å². The summed E-state index contributed by atoms with van der Waals surface area (Å²) in [5.74, 6) is -0.103. The molecule has 0 aromatic rings. The fourth-order valence-electron chi connectivity index (χ4n) is 1.68. The first-order valence-electron chi connectivity index (χ1n) is 6.91. The summed E-state index contributed by atoms with van der Waals surface area (Å²) in [5.41, 5.74) is 7.00. The number of nitrogens with one attached hydrogen (secondary N) is 4. The minimum absolute atomic E-state index is 0.0398. The van der Waals surface area contributed by atoms with Gasteiger partial charge in [0.2, 0.25) is 5.91 Å². The van der Waals surface area contributed by atoms with Crippen molar-refractivity contribution in [1.29, 1.82) is 0 Å². The van der Waals surface area contributed by atoms with Crippen molar-refractivity contribution < 1.29 is 4.79 Å². The lowest BCUT2D eigenvalue weighted by molar-refractivity contribution is -0.123. The van der Waals surface area contributed by atoms with E-state index in [-0.39, 0.29) is 24.2 Å². The summed E-state index contributed by atoms with van der Waals surface area (Å²) < 4.78 is 0. The van der Waals surface area contributed by atoms with Crippen LogP contribution in [0, 0.1) is 0 Å². The first-order chi connectivity index (χ1) is 9.37. The van der Waals surface area contributed by atoms with Crippen molar-refractivity contribution in [3.05, 3.63) is 24.6 Å². The molecular weight excluding hydrogens is 254 g/mol. The first kappa shape index (κ1) is 18.5. The lowest BCUT2D eigenvalue weighted by Gasteiger charge is -2.27. The molecule has 3 atom stereocenters. The number of hydrogen-bond acceptors (Lipinski definition) is 5. The predicted molar refractivity (Wildman–Crippen MR) is 83.8 cm³/mol. The molecule has 0 aliphatic rings. The summed E-state index contributed by atoms with van der Waals surface area (Å²) in [7, 11) is 3.50. The maximum Gasteiger partial charge on any atom is 0.238 e. The highest BCUT2D eigenvalue weighted by molar-refractivity contribution is 5.81. The zero-order chi connectivity index (χ0) is 15.7. The quantitative estimate of drug-likeness (QED) is 0.364. The Morgan fingerprint density at radius 2 is 1.80 bits per heavy atom. The Bertz CT molecular complexity index is 342. The molecule has 0 aliphatic heterocycles. The van der Waals surface area contributed by atoms with Gasteiger partial charge in [0.1, 0.15) is 6.17 Å². The van der Waals surface area contributed by atoms with Crippen molar-refractivity contribution in [1.82, 2.24) is 21.3 Å². The van der Waals surface area contributed by atoms with E-state index >= 15 is 0 Å². The van der Waals surface area contributed by atoms with Crippen molar-refractivity contribution in [2.24, 2.45) is 5.73 Å². The van der Waals surface area contributed by atoms with Gasteiger partial charge in [-0.1, -0.05) is 26.5 Å². The Kier molecular flexibility index (Phi) is 8.67. The highest BCUT2D eigenvalue weighted by Gasteiger charge is 2.19. The van der Waals surface area contributed by atoms with E-state index < -0.39 is 0 Å². The van der Waals surface area contributed by atoms with Gasteiger partial charge in [0.05, 0.1) is 12.1 Å². The number of carbonyl (C=O) groups excluding carboxylic acids is 1. The molecule has 0 radical (unpaired) electrons. The van der Waals surface area contributed by atoms with Crippen molar-refractivity contribution in [2.75, 3.05) is 14.1 Å². The Balaban J connectivity index is 4.61. The second kappa shape index (κ2) is 9.39. The topological polar surface area (TPSA) is 91.2 Å². The van der Waals surface area contributed by atoms with Crippen LogP contribution in [0.25, 0.3) is 0 Å². The summed E-state index contributed by atoms with van der Waals surface area (Å²) in [6.45, 7) is 11.6. The lowest BCUT2D eigenvalue weighted by atomic mass is 10.1. The van der Waals surface area contributed by atoms with Crippen LogP contribution in [0.3, 0.4) is 0 Å². The summed E-state index contributed by atoms with van der Waals surface area (Å²) in [6, 6.07) is -0.309. The molecule has 116 valence electrons. The van der Waals surface area contributed by atoms with E-state index in [0.29, 0.717) is 11.4 Å². The second-order valence-electron chi connectivity index (χ2n) is 4.83. The first-order valence-corrected chi connectivity index (χ1v) is 6.91. The number of amides is 1. The highest BCUT2D eigenvalue weighted by Crippen LogP contribution is 2.05. The molecule has 0 bridgehead atoms. The molecule has 6 N–H and O–H groups in total. The molecule has 0 fully saturated rings. The molecular formula is C14H29N5O. The fourth-order valence-corrected chi connectivity index (χ4v) is 1.68. The molecule has 0 heterocycles. The summed E-state index contributed by atoms with van der Waals surface area (Å²) in [4.78, 5) is 11.9. The van der Waals surface area contributed by atoms with Gasteiger partial charge < -0.3 is 21.7 Å². The molecule has 0 saturated carbocycles. The molecule has 1 amide bonds. The number of hydrogen-bond donors (Lipinski definition) is 5. The van der Waals surface area contributed by atoms with Crippen LogP contribution in [-0.2, 0) is 4.79 Å². The van der Waals surface area contributed by atoms with Gasteiger partial charge in [-0.15, -0.1) is 0 Å². The molecule has 0 aromatic heterocycles. The SMILES string of the molecule is C=C(N)C(CCC)NC(=C)C(NC)NC(=O)C(C)NC. The predicted octanol–water partition coefficient (Wildman–Crippen LogP) is 0.000400. The Morgan fingerprint density at radius 3 is 2.20 bits per heavy atom. The third-order valence-electron chi connectivity index (χ3n) is 3.13. The highest BCUT2D eigenvalue weighted by atomic mass is 16.2. The summed E-state index contributed by atoms with van der Waals surface area (Å²) in [5, 5.41) is 12.0. The third-order valence-corrected chi connectivity index (χ3v) is 3.13. The van der Waals surface area contributed by atoms with Gasteiger partial charge in [0, 0.05) is 11.4 Å². The maximum absolute atomic E-state index is 11.9. The standard InChI is InChI=1S/C14H29N5O/c1-7-8-12(9(2)15)18-10(3)13(17-6)19-14(20)11(4)16-5/h11-13,16-18H,2-3,7-8,15H2,1,4-6H3,(H,19,20). The van der Waals surface area contributed by atoms with Gasteiger partial charge in [-0.2, -0.15) is 0 Å². The molecule has 0 rings (SSSR count). The van der Waals surface area contributed by atoms with Crippen molar-refractivity contribution in [3.8, 4) is 0 Å². The largest absolute Gasteiger partial charge is 0.401 e. The second-order valence-corrected chi connectivity index (χ2v) is 4.83. The van der Waals surface area contributed by atoms with Crippen LogP contribution in [-0.4, -0.2) is 38.3 Å². The van der Waals surface area contributed by atoms with E-state index in [1.807, 2.05) is 0 Å². The average molecular weight is 283 g/mol. The van der Waals surface area contributed by atoms with Gasteiger partial charge in [0.15, 0.2) is 0 Å². The van der Waals surface area contributed by atoms with Crippen molar-refractivity contribution in [3.63, 3.8) is 0 Å². The zero-order valence-corrected chi connectivity index (χ0v) is 13.0. The van der Waals surface area contributed by atoms with Gasteiger partial charge in [-0.25, -0.2) is 0 Å². The van der Waals surface area contributed by atoms with E-state index in [2.05, 4.69) is 41.3 Å². The molecule has 6 heteroatoms. The van der Waals surface area contributed by atoms with E-state index in [9.17, 15) is 4.79 Å². The van der Waals surface area contributed by atoms with Crippen molar-refractivity contribution in [2.45, 2.75) is 44.9 Å². The maximum atomic E-state index is 11.9. The van der Waals surface area contributed by atoms with E-state index in [0.717, 1.165) is 12.8 Å². The molecule has 6 nitrogen and oxygen atoms in total. The van der Waals surface area contributed by atoms with Crippen LogP contribution in [0.5, 0.6) is 0 Å².